The molecule has 0 saturated carbocycles. The fourth-order valence-electron chi connectivity index (χ4n) is 3.15. The number of nitrogens with one attached hydrogen (secondary N) is 1. The van der Waals surface area contributed by atoms with E-state index in [4.69, 9.17) is 5.10 Å². The van der Waals surface area contributed by atoms with Gasteiger partial charge in [0.25, 0.3) is 0 Å². The first-order valence-corrected chi connectivity index (χ1v) is 8.18. The minimum absolute atomic E-state index is 0.984. The average molecular weight is 307 g/mol. The van der Waals surface area contributed by atoms with Gasteiger partial charge in [-0.05, 0) is 32.0 Å². The van der Waals surface area contributed by atoms with Gasteiger partial charge in [0.05, 0.1) is 5.69 Å². The number of benzene rings is 1. The first-order chi connectivity index (χ1) is 11.3. The zero-order chi connectivity index (χ0) is 15.6. The number of fused-ring (bicyclic) bond motifs is 1. The monoisotopic (exact) mass is 307 g/mol. The highest BCUT2D eigenvalue weighted by Crippen LogP contribution is 2.25. The third-order valence-corrected chi connectivity index (χ3v) is 4.32. The quantitative estimate of drug-likeness (QED) is 0.790. The van der Waals surface area contributed by atoms with Crippen LogP contribution in [0.4, 0.5) is 5.82 Å². The molecule has 1 aromatic carbocycles. The molecule has 5 heteroatoms. The van der Waals surface area contributed by atoms with Crippen LogP contribution in [0.2, 0.25) is 0 Å². The lowest BCUT2D eigenvalue weighted by atomic mass is 10.1. The van der Waals surface area contributed by atoms with Crippen LogP contribution in [0.25, 0.3) is 16.8 Å². The predicted molar refractivity (Wildman–Crippen MR) is 92.9 cm³/mol. The van der Waals surface area contributed by atoms with Gasteiger partial charge in [-0.3, -0.25) is 0 Å². The lowest BCUT2D eigenvalue weighted by Crippen LogP contribution is -2.29. The molecule has 0 unspecified atom stereocenters. The maximum atomic E-state index is 4.74. The summed E-state index contributed by atoms with van der Waals surface area (Å²) in [4.78, 5) is 6.99. The van der Waals surface area contributed by atoms with E-state index in [2.05, 4.69) is 52.5 Å². The van der Waals surface area contributed by atoms with Gasteiger partial charge in [0, 0.05) is 37.6 Å². The highest BCUT2D eigenvalue weighted by Gasteiger charge is 2.16. The van der Waals surface area contributed by atoms with Gasteiger partial charge in [-0.15, -0.1) is 0 Å². The molecule has 0 atom stereocenters. The molecule has 23 heavy (non-hydrogen) atoms. The molecule has 0 bridgehead atoms. The number of aryl methyl sites for hydroxylation is 1. The summed E-state index contributed by atoms with van der Waals surface area (Å²) in [7, 11) is 0. The van der Waals surface area contributed by atoms with Crippen LogP contribution in [0.5, 0.6) is 0 Å². The van der Waals surface area contributed by atoms with Crippen molar-refractivity contribution in [2.45, 2.75) is 13.3 Å². The molecule has 1 aliphatic heterocycles. The van der Waals surface area contributed by atoms with Gasteiger partial charge in [0.15, 0.2) is 5.82 Å². The number of anilines is 1. The Kier molecular flexibility index (Phi) is 3.71. The van der Waals surface area contributed by atoms with Gasteiger partial charge < -0.3 is 10.2 Å². The summed E-state index contributed by atoms with van der Waals surface area (Å²) in [6, 6.07) is 10.6. The molecule has 0 radical (unpaired) electrons. The third kappa shape index (κ3) is 2.80. The third-order valence-electron chi connectivity index (χ3n) is 4.32. The lowest BCUT2D eigenvalue weighted by molar-refractivity contribution is 0.724. The molecule has 0 spiro atoms. The van der Waals surface area contributed by atoms with Crippen LogP contribution in [0.15, 0.2) is 42.7 Å². The molecule has 0 aliphatic carbocycles. The highest BCUT2D eigenvalue weighted by molar-refractivity contribution is 5.75. The number of hydrogen-bond donors (Lipinski definition) is 1. The second kappa shape index (κ2) is 6.01. The van der Waals surface area contributed by atoms with Crippen LogP contribution in [0.1, 0.15) is 12.0 Å². The van der Waals surface area contributed by atoms with Crippen LogP contribution >= 0.6 is 0 Å². The second-order valence-corrected chi connectivity index (χ2v) is 6.07. The molecule has 2 aromatic heterocycles. The fourth-order valence-corrected chi connectivity index (χ4v) is 3.15. The smallest absolute Gasteiger partial charge is 0.154 e. The first-order valence-electron chi connectivity index (χ1n) is 8.18. The Hall–Kier alpha value is -2.40. The first kappa shape index (κ1) is 14.2. The topological polar surface area (TPSA) is 45.5 Å². The minimum Gasteiger partial charge on any atom is -0.354 e. The van der Waals surface area contributed by atoms with Crippen molar-refractivity contribution in [2.24, 2.45) is 0 Å². The van der Waals surface area contributed by atoms with E-state index in [0.29, 0.717) is 0 Å². The summed E-state index contributed by atoms with van der Waals surface area (Å²) in [5.74, 6) is 1.03. The number of aromatic nitrogens is 3. The summed E-state index contributed by atoms with van der Waals surface area (Å²) >= 11 is 0. The van der Waals surface area contributed by atoms with Crippen molar-refractivity contribution in [3.8, 4) is 11.3 Å². The van der Waals surface area contributed by atoms with Crippen LogP contribution in [-0.2, 0) is 0 Å². The van der Waals surface area contributed by atoms with Crippen LogP contribution in [0.3, 0.4) is 0 Å². The Morgan fingerprint density at radius 3 is 3.00 bits per heavy atom. The van der Waals surface area contributed by atoms with Gasteiger partial charge in [0.1, 0.15) is 5.52 Å². The highest BCUT2D eigenvalue weighted by atomic mass is 15.3. The molecule has 3 heterocycles. The van der Waals surface area contributed by atoms with E-state index in [-0.39, 0.29) is 0 Å². The van der Waals surface area contributed by atoms with Gasteiger partial charge in [-0.2, -0.15) is 5.10 Å². The molecule has 5 nitrogen and oxygen atoms in total. The van der Waals surface area contributed by atoms with Gasteiger partial charge in [-0.25, -0.2) is 9.50 Å². The molecule has 1 fully saturated rings. The summed E-state index contributed by atoms with van der Waals surface area (Å²) in [5, 5.41) is 8.18. The van der Waals surface area contributed by atoms with Gasteiger partial charge in [0.2, 0.25) is 0 Å². The van der Waals surface area contributed by atoms with Crippen molar-refractivity contribution < 1.29 is 0 Å². The van der Waals surface area contributed by atoms with Crippen molar-refractivity contribution in [3.63, 3.8) is 0 Å². The number of nitrogens with zero attached hydrogens (tertiary/aromatic N) is 4. The molecule has 0 amide bonds. The van der Waals surface area contributed by atoms with E-state index in [9.17, 15) is 0 Å². The fraction of sp³-hybridized carbons (Fsp3) is 0.333. The van der Waals surface area contributed by atoms with Crippen LogP contribution in [0, 0.1) is 6.92 Å². The standard InChI is InChI=1S/C18H21N5/c1-14-4-2-5-15(12-14)16-13-17-18(20-8-11-23(17)21-16)22-9-3-6-19-7-10-22/h2,4-5,8,11-13,19H,3,6-7,9-10H2,1H3. The van der Waals surface area contributed by atoms with Gasteiger partial charge in [-0.1, -0.05) is 23.8 Å². The number of hydrogen-bond acceptors (Lipinski definition) is 4. The minimum atomic E-state index is 0.984. The molecule has 3 aromatic rings. The molecule has 118 valence electrons. The van der Waals surface area contributed by atoms with E-state index in [1.54, 1.807) is 0 Å². The van der Waals surface area contributed by atoms with E-state index in [0.717, 1.165) is 55.2 Å². The van der Waals surface area contributed by atoms with Crippen LogP contribution < -0.4 is 10.2 Å². The molecule has 1 saturated heterocycles. The largest absolute Gasteiger partial charge is 0.354 e. The SMILES string of the molecule is Cc1cccc(-c2cc3c(N4CCCNCC4)nccn3n2)c1. The zero-order valence-corrected chi connectivity index (χ0v) is 13.4. The van der Waals surface area contributed by atoms with E-state index < -0.39 is 0 Å². The summed E-state index contributed by atoms with van der Waals surface area (Å²) in [6.07, 6.45) is 4.91. The molecule has 1 aliphatic rings. The zero-order valence-electron chi connectivity index (χ0n) is 13.4. The van der Waals surface area contributed by atoms with E-state index >= 15 is 0 Å². The van der Waals surface area contributed by atoms with Gasteiger partial charge >= 0.3 is 0 Å². The summed E-state index contributed by atoms with van der Waals surface area (Å²) in [6.45, 7) is 6.20. The maximum Gasteiger partial charge on any atom is 0.154 e. The van der Waals surface area contributed by atoms with E-state index in [1.807, 2.05) is 16.9 Å². The van der Waals surface area contributed by atoms with Crippen molar-refractivity contribution in [2.75, 3.05) is 31.1 Å². The normalized spacial score (nSPS) is 15.8. The Morgan fingerprint density at radius 2 is 2.09 bits per heavy atom. The second-order valence-electron chi connectivity index (χ2n) is 6.07. The van der Waals surface area contributed by atoms with Crippen molar-refractivity contribution in [1.29, 1.82) is 0 Å². The van der Waals surface area contributed by atoms with Crippen molar-refractivity contribution in [3.05, 3.63) is 48.3 Å². The van der Waals surface area contributed by atoms with E-state index in [1.165, 1.54) is 5.56 Å². The van der Waals surface area contributed by atoms with Crippen LogP contribution in [-0.4, -0.2) is 40.8 Å². The predicted octanol–water partition coefficient (Wildman–Crippen LogP) is 2.50. The molecular weight excluding hydrogens is 286 g/mol. The summed E-state index contributed by atoms with van der Waals surface area (Å²) in [5.41, 5.74) is 4.47. The molecular formula is C18H21N5. The Bertz CT molecular complexity index is 815. The Balaban J connectivity index is 1.78. The van der Waals surface area contributed by atoms with Crippen molar-refractivity contribution >= 4 is 11.3 Å². The number of rotatable bonds is 2. The van der Waals surface area contributed by atoms with Crippen molar-refractivity contribution in [1.82, 2.24) is 19.9 Å². The summed E-state index contributed by atoms with van der Waals surface area (Å²) < 4.78 is 1.94. The lowest BCUT2D eigenvalue weighted by Gasteiger charge is -2.21. The Labute approximate surface area is 136 Å². The average Bonchev–Trinajstić information content (AvgIpc) is 2.82. The maximum absolute atomic E-state index is 4.74. The molecule has 1 N–H and O–H groups in total. The Morgan fingerprint density at radius 1 is 1.13 bits per heavy atom. The molecule has 4 rings (SSSR count).